The van der Waals surface area contributed by atoms with Gasteiger partial charge in [-0.15, -0.1) is 0 Å². The SMILES string of the molecule is CC(C(=O)Nc1ccc2c(c1O)C(=O)C1=C(O)C3(O)C(=O)C(C(N)=O)=C(O)[C@@H](N(C)C)C3CC1C2)N(C)C. The van der Waals surface area contributed by atoms with Gasteiger partial charge in [0.25, 0.3) is 5.91 Å². The Bertz CT molecular complexity index is 1330. The van der Waals surface area contributed by atoms with Gasteiger partial charge in [0.05, 0.1) is 23.3 Å². The van der Waals surface area contributed by atoms with Crippen molar-refractivity contribution in [2.45, 2.75) is 37.5 Å². The van der Waals surface area contributed by atoms with Gasteiger partial charge in [0.2, 0.25) is 11.7 Å². The summed E-state index contributed by atoms with van der Waals surface area (Å²) in [6.07, 6.45) is 0.176. The van der Waals surface area contributed by atoms with Crippen molar-refractivity contribution in [1.29, 1.82) is 0 Å². The van der Waals surface area contributed by atoms with Crippen LogP contribution >= 0.6 is 0 Å². The third-order valence-electron chi connectivity index (χ3n) is 8.01. The van der Waals surface area contributed by atoms with Crippen LogP contribution in [0.15, 0.2) is 34.8 Å². The van der Waals surface area contributed by atoms with E-state index in [1.165, 1.54) is 11.0 Å². The summed E-state index contributed by atoms with van der Waals surface area (Å²) in [5, 5.41) is 47.3. The van der Waals surface area contributed by atoms with Crippen molar-refractivity contribution in [3.8, 4) is 5.75 Å². The molecule has 0 spiro atoms. The second kappa shape index (κ2) is 9.22. The molecule has 0 bridgehead atoms. The Morgan fingerprint density at radius 2 is 1.76 bits per heavy atom. The number of rotatable bonds is 5. The van der Waals surface area contributed by atoms with Gasteiger partial charge in [0, 0.05) is 11.5 Å². The standard InChI is InChI=1S/C26H32N4O8/c1-10(29(2)3)25(37)28-14-7-6-11-8-12-9-13-18(30(4)5)21(33)17(24(27)36)23(35)26(13,38)22(34)16(12)20(32)15(11)19(14)31/h6-7,10,12-13,18,31,33-34,38H,8-9H2,1-5H3,(H2,27,36)(H,28,37)/t10?,12?,13?,18-,26?/m0/s1. The first-order valence-electron chi connectivity index (χ1n) is 12.1. The molecule has 0 heterocycles. The van der Waals surface area contributed by atoms with E-state index in [2.05, 4.69) is 5.32 Å². The maximum absolute atomic E-state index is 13.7. The molecule has 7 N–H and O–H groups in total. The molecule has 5 atom stereocenters. The minimum atomic E-state index is -2.70. The topological polar surface area (TPSA) is 194 Å². The number of Topliss-reactive ketones (excluding diaryl/α,β-unsaturated/α-hetero) is 2. The van der Waals surface area contributed by atoms with Gasteiger partial charge in [-0.2, -0.15) is 0 Å². The average molecular weight is 529 g/mol. The van der Waals surface area contributed by atoms with Crippen LogP contribution < -0.4 is 11.1 Å². The molecule has 1 aromatic rings. The molecule has 3 aliphatic rings. The van der Waals surface area contributed by atoms with E-state index in [0.717, 1.165) is 0 Å². The van der Waals surface area contributed by atoms with Crippen LogP contribution in [-0.2, 0) is 20.8 Å². The minimum absolute atomic E-state index is 0.00532. The van der Waals surface area contributed by atoms with Crippen LogP contribution in [0.2, 0.25) is 0 Å². The summed E-state index contributed by atoms with van der Waals surface area (Å²) in [5.74, 6) is -7.62. The number of fused-ring (bicyclic) bond motifs is 3. The third kappa shape index (κ3) is 3.79. The normalized spacial score (nSPS) is 27.7. The molecule has 0 saturated heterocycles. The molecule has 1 aromatic carbocycles. The summed E-state index contributed by atoms with van der Waals surface area (Å²) in [7, 11) is 6.56. The third-order valence-corrected chi connectivity index (χ3v) is 8.01. The predicted octanol–water partition coefficient (Wildman–Crippen LogP) is 0.00920. The summed E-state index contributed by atoms with van der Waals surface area (Å²) in [4.78, 5) is 54.7. The number of ketones is 2. The Balaban J connectivity index is 1.84. The van der Waals surface area contributed by atoms with E-state index in [1.54, 1.807) is 46.1 Å². The van der Waals surface area contributed by atoms with Gasteiger partial charge >= 0.3 is 0 Å². The Kier molecular flexibility index (Phi) is 6.63. The number of aliphatic hydroxyl groups excluding tert-OH is 2. The summed E-state index contributed by atoms with van der Waals surface area (Å²) in [5.41, 5.74) is 1.80. The van der Waals surface area contributed by atoms with Crippen molar-refractivity contribution in [2.75, 3.05) is 33.5 Å². The number of phenols is 1. The highest BCUT2D eigenvalue weighted by atomic mass is 16.3. The summed E-state index contributed by atoms with van der Waals surface area (Å²) < 4.78 is 0. The van der Waals surface area contributed by atoms with E-state index in [4.69, 9.17) is 5.73 Å². The predicted molar refractivity (Wildman–Crippen MR) is 135 cm³/mol. The molecular weight excluding hydrogens is 496 g/mol. The summed E-state index contributed by atoms with van der Waals surface area (Å²) in [6.45, 7) is 1.66. The van der Waals surface area contributed by atoms with Crippen molar-refractivity contribution >= 4 is 29.1 Å². The zero-order valence-electron chi connectivity index (χ0n) is 21.8. The van der Waals surface area contributed by atoms with Gasteiger partial charge in [-0.1, -0.05) is 6.07 Å². The van der Waals surface area contributed by atoms with Crippen LogP contribution in [0.4, 0.5) is 5.69 Å². The van der Waals surface area contributed by atoms with Gasteiger partial charge < -0.3 is 31.5 Å². The highest BCUT2D eigenvalue weighted by Gasteiger charge is 2.63. The van der Waals surface area contributed by atoms with Gasteiger partial charge in [0.15, 0.2) is 17.1 Å². The van der Waals surface area contributed by atoms with Gasteiger partial charge in [0.1, 0.15) is 17.1 Å². The molecule has 204 valence electrons. The Morgan fingerprint density at radius 1 is 1.13 bits per heavy atom. The lowest BCUT2D eigenvalue weighted by Crippen LogP contribution is -2.63. The van der Waals surface area contributed by atoms with Crippen molar-refractivity contribution in [3.05, 3.63) is 45.9 Å². The van der Waals surface area contributed by atoms with Crippen molar-refractivity contribution in [3.63, 3.8) is 0 Å². The number of hydrogen-bond acceptors (Lipinski definition) is 10. The monoisotopic (exact) mass is 528 g/mol. The lowest BCUT2D eigenvalue weighted by Gasteiger charge is -2.50. The van der Waals surface area contributed by atoms with Gasteiger partial charge in [-0.25, -0.2) is 0 Å². The highest BCUT2D eigenvalue weighted by molar-refractivity contribution is 6.25. The minimum Gasteiger partial charge on any atom is -0.510 e. The molecule has 0 fully saturated rings. The Labute approximate surface area is 219 Å². The van der Waals surface area contributed by atoms with E-state index in [9.17, 15) is 39.6 Å². The highest BCUT2D eigenvalue weighted by Crippen LogP contribution is 2.52. The number of benzene rings is 1. The number of anilines is 1. The van der Waals surface area contributed by atoms with Crippen molar-refractivity contribution in [1.82, 2.24) is 9.80 Å². The summed E-state index contributed by atoms with van der Waals surface area (Å²) >= 11 is 0. The molecule has 0 aliphatic heterocycles. The van der Waals surface area contributed by atoms with Crippen LogP contribution in [0.25, 0.3) is 0 Å². The number of carbonyl (C=O) groups is 4. The lowest BCUT2D eigenvalue weighted by atomic mass is 9.58. The molecule has 0 saturated carbocycles. The van der Waals surface area contributed by atoms with Crippen LogP contribution in [-0.4, -0.2) is 99.5 Å². The number of aromatic hydroxyl groups is 1. The average Bonchev–Trinajstić information content (AvgIpc) is 2.82. The fraction of sp³-hybridized carbons (Fsp3) is 0.462. The smallest absolute Gasteiger partial charge is 0.255 e. The molecule has 2 amide bonds. The Hall–Kier alpha value is -3.74. The fourth-order valence-corrected chi connectivity index (χ4v) is 5.80. The first-order chi connectivity index (χ1) is 17.6. The number of amides is 2. The molecule has 0 aromatic heterocycles. The first-order valence-corrected chi connectivity index (χ1v) is 12.1. The zero-order chi connectivity index (χ0) is 28.4. The van der Waals surface area contributed by atoms with Crippen molar-refractivity contribution < 1.29 is 39.6 Å². The van der Waals surface area contributed by atoms with Gasteiger partial charge in [-0.3, -0.25) is 29.0 Å². The van der Waals surface area contributed by atoms with E-state index in [-0.39, 0.29) is 29.7 Å². The maximum Gasteiger partial charge on any atom is 0.255 e. The lowest BCUT2D eigenvalue weighted by molar-refractivity contribution is -0.148. The van der Waals surface area contributed by atoms with Gasteiger partial charge in [-0.05, 0) is 65.5 Å². The van der Waals surface area contributed by atoms with Crippen LogP contribution in [0, 0.1) is 11.8 Å². The largest absolute Gasteiger partial charge is 0.510 e. The number of aliphatic hydroxyl groups is 3. The fourth-order valence-electron chi connectivity index (χ4n) is 5.80. The number of allylic oxidation sites excluding steroid dienone is 1. The zero-order valence-corrected chi connectivity index (χ0v) is 21.8. The number of nitrogens with zero attached hydrogens (tertiary/aromatic N) is 2. The van der Waals surface area contributed by atoms with E-state index in [1.807, 2.05) is 0 Å². The number of likely N-dealkylation sites (N-methyl/N-ethyl adjacent to an activating group) is 2. The van der Waals surface area contributed by atoms with Crippen LogP contribution in [0.5, 0.6) is 5.75 Å². The first kappa shape index (κ1) is 27.3. The molecule has 12 nitrogen and oxygen atoms in total. The molecule has 0 radical (unpaired) electrons. The molecular formula is C26H32N4O8. The number of carbonyl (C=O) groups excluding carboxylic acids is 4. The molecule has 38 heavy (non-hydrogen) atoms. The molecule has 3 aliphatic carbocycles. The second-order valence-corrected chi connectivity index (χ2v) is 10.6. The van der Waals surface area contributed by atoms with E-state index < -0.39 is 75.7 Å². The number of phenolic OH excluding ortho intramolecular Hbond substituents is 1. The molecule has 4 rings (SSSR count). The Morgan fingerprint density at radius 3 is 2.32 bits per heavy atom. The number of nitrogens with two attached hydrogens (primary N) is 1. The quantitative estimate of drug-likeness (QED) is 0.224. The van der Waals surface area contributed by atoms with Crippen LogP contribution in [0.1, 0.15) is 29.3 Å². The number of primary amides is 1. The number of nitrogens with one attached hydrogen (secondary N) is 1. The second-order valence-electron chi connectivity index (χ2n) is 10.6. The van der Waals surface area contributed by atoms with E-state index >= 15 is 0 Å². The summed E-state index contributed by atoms with van der Waals surface area (Å²) in [6, 6.07) is 1.49. The van der Waals surface area contributed by atoms with Crippen LogP contribution in [0.3, 0.4) is 0 Å². The molecule has 12 heteroatoms. The number of hydrogen-bond donors (Lipinski definition) is 6. The van der Waals surface area contributed by atoms with E-state index in [0.29, 0.717) is 5.56 Å². The maximum atomic E-state index is 13.7. The molecule has 4 unspecified atom stereocenters. The van der Waals surface area contributed by atoms with Crippen molar-refractivity contribution in [2.24, 2.45) is 17.6 Å².